The van der Waals surface area contributed by atoms with Crippen LogP contribution in [-0.2, 0) is 32.2 Å². The Labute approximate surface area is 280 Å². The number of rotatable bonds is 15. The van der Waals surface area contributed by atoms with Gasteiger partial charge in [0, 0.05) is 42.0 Å². The van der Waals surface area contributed by atoms with Crippen LogP contribution in [-0.4, -0.2) is 34.0 Å². The second-order valence-corrected chi connectivity index (χ2v) is 12.8. The van der Waals surface area contributed by atoms with Gasteiger partial charge in [-0.1, -0.05) is 91.3 Å². The lowest BCUT2D eigenvalue weighted by Gasteiger charge is -2.36. The lowest BCUT2D eigenvalue weighted by Crippen LogP contribution is -2.31. The molecule has 1 fully saturated rings. The number of aliphatic hydroxyl groups is 1. The van der Waals surface area contributed by atoms with Crippen molar-refractivity contribution in [2.45, 2.75) is 75.1 Å². The van der Waals surface area contributed by atoms with Gasteiger partial charge in [0.15, 0.2) is 6.29 Å². The van der Waals surface area contributed by atoms with Crippen molar-refractivity contribution in [2.24, 2.45) is 0 Å². The molecule has 1 aliphatic rings. The summed E-state index contributed by atoms with van der Waals surface area (Å²) in [6, 6.07) is 34.7. The Hall–Kier alpha value is -3.99. The molecular formula is C38H42N2O6S. The fourth-order valence-corrected chi connectivity index (χ4v) is 6.46. The summed E-state index contributed by atoms with van der Waals surface area (Å²) in [5.41, 5.74) is 7.61. The zero-order chi connectivity index (χ0) is 32.8. The molecule has 47 heavy (non-hydrogen) atoms. The van der Waals surface area contributed by atoms with E-state index in [1.165, 1.54) is 4.90 Å². The number of ether oxygens (including phenoxy) is 2. The molecule has 5 rings (SSSR count). The van der Waals surface area contributed by atoms with Crippen molar-refractivity contribution in [3.8, 4) is 11.1 Å². The Balaban J connectivity index is 1.20. The maximum atomic E-state index is 12.3. The molecule has 0 unspecified atom stereocenters. The summed E-state index contributed by atoms with van der Waals surface area (Å²) < 4.78 is 13.0. The zero-order valence-electron chi connectivity index (χ0n) is 26.3. The number of nitrogens with one attached hydrogen (secondary N) is 2. The van der Waals surface area contributed by atoms with Crippen LogP contribution in [0.3, 0.4) is 0 Å². The SMILES string of the molecule is O=C(CCCCCC(=O)NCc1cccc(-c2ccc([C@@H]3O[C@H](CSc4ccccc4)C[C@H](c4ccc(CO)cc4)O3)cc2)c1)NO. The number of amides is 2. The molecule has 1 saturated heterocycles. The van der Waals surface area contributed by atoms with E-state index in [1.54, 1.807) is 17.2 Å². The van der Waals surface area contributed by atoms with E-state index in [9.17, 15) is 14.7 Å². The summed E-state index contributed by atoms with van der Waals surface area (Å²) >= 11 is 1.78. The molecule has 2 amide bonds. The normalized spacial score (nSPS) is 17.6. The molecule has 0 spiro atoms. The van der Waals surface area contributed by atoms with E-state index in [2.05, 4.69) is 53.8 Å². The van der Waals surface area contributed by atoms with Gasteiger partial charge in [-0.2, -0.15) is 0 Å². The Kier molecular flexibility index (Phi) is 13.0. The van der Waals surface area contributed by atoms with Gasteiger partial charge in [-0.25, -0.2) is 5.48 Å². The smallest absolute Gasteiger partial charge is 0.243 e. The summed E-state index contributed by atoms with van der Waals surface area (Å²) in [4.78, 5) is 24.6. The quantitative estimate of drug-likeness (QED) is 0.0462. The molecular weight excluding hydrogens is 612 g/mol. The molecule has 1 aliphatic heterocycles. The van der Waals surface area contributed by atoms with Gasteiger partial charge in [0.25, 0.3) is 0 Å². The molecule has 4 aromatic carbocycles. The number of aliphatic hydroxyl groups excluding tert-OH is 1. The van der Waals surface area contributed by atoms with E-state index in [-0.39, 0.29) is 31.1 Å². The number of unbranched alkanes of at least 4 members (excludes halogenated alkanes) is 2. The van der Waals surface area contributed by atoms with Crippen molar-refractivity contribution in [3.05, 3.63) is 125 Å². The molecule has 1 heterocycles. The summed E-state index contributed by atoms with van der Waals surface area (Å²) in [7, 11) is 0. The third-order valence-electron chi connectivity index (χ3n) is 8.16. The fourth-order valence-electron chi connectivity index (χ4n) is 5.52. The van der Waals surface area contributed by atoms with Crippen LogP contribution in [0.1, 0.15) is 73.2 Å². The Morgan fingerprint density at radius 1 is 0.745 bits per heavy atom. The van der Waals surface area contributed by atoms with E-state index in [1.807, 2.05) is 54.6 Å². The van der Waals surface area contributed by atoms with Crippen molar-refractivity contribution < 1.29 is 29.4 Å². The topological polar surface area (TPSA) is 117 Å². The van der Waals surface area contributed by atoms with Crippen molar-refractivity contribution in [1.29, 1.82) is 0 Å². The van der Waals surface area contributed by atoms with Crippen molar-refractivity contribution in [3.63, 3.8) is 0 Å². The molecule has 0 aliphatic carbocycles. The minimum atomic E-state index is -0.518. The number of carbonyl (C=O) groups is 2. The number of thioether (sulfide) groups is 1. The first kappa shape index (κ1) is 34.3. The molecule has 8 nitrogen and oxygen atoms in total. The standard InChI is InChI=1S/C38H42N2O6S/c41-25-27-14-16-30(17-15-27)35-23-33(26-47-34-10-3-1-4-11-34)45-38(46-35)31-20-18-29(19-21-31)32-9-7-8-28(22-32)24-39-36(42)12-5-2-6-13-37(43)40-44/h1,3-4,7-11,14-22,33,35,38,41,44H,2,5-6,12-13,23-26H2,(H,39,42)(H,40,43)/t33-,35+,38+/m0/s1. The van der Waals surface area contributed by atoms with Crippen LogP contribution >= 0.6 is 11.8 Å². The molecule has 4 N–H and O–H groups in total. The first-order valence-corrected chi connectivity index (χ1v) is 17.1. The van der Waals surface area contributed by atoms with Gasteiger partial charge >= 0.3 is 0 Å². The van der Waals surface area contributed by atoms with Crippen molar-refractivity contribution in [2.75, 3.05) is 5.75 Å². The van der Waals surface area contributed by atoms with Gasteiger partial charge in [0.1, 0.15) is 0 Å². The Morgan fingerprint density at radius 2 is 1.47 bits per heavy atom. The summed E-state index contributed by atoms with van der Waals surface area (Å²) in [5.74, 6) is 0.374. The van der Waals surface area contributed by atoms with Gasteiger partial charge in [-0.05, 0) is 58.9 Å². The Bertz CT molecular complexity index is 1570. The molecule has 0 saturated carbocycles. The molecule has 3 atom stereocenters. The lowest BCUT2D eigenvalue weighted by atomic mass is 9.99. The number of hydrogen-bond acceptors (Lipinski definition) is 7. The lowest BCUT2D eigenvalue weighted by molar-refractivity contribution is -0.245. The van der Waals surface area contributed by atoms with Gasteiger partial charge in [0.2, 0.25) is 11.8 Å². The fraction of sp³-hybridized carbons (Fsp3) is 0.316. The number of benzene rings is 4. The second kappa shape index (κ2) is 17.8. The summed E-state index contributed by atoms with van der Waals surface area (Å²) in [6.45, 7) is 0.443. The summed E-state index contributed by atoms with van der Waals surface area (Å²) in [5, 5.41) is 21.0. The van der Waals surface area contributed by atoms with Gasteiger partial charge in [-0.15, -0.1) is 11.8 Å². The highest BCUT2D eigenvalue weighted by Gasteiger charge is 2.32. The molecule has 0 radical (unpaired) electrons. The largest absolute Gasteiger partial charge is 0.392 e. The third-order valence-corrected chi connectivity index (χ3v) is 9.30. The minimum Gasteiger partial charge on any atom is -0.392 e. The van der Waals surface area contributed by atoms with E-state index in [0.29, 0.717) is 25.8 Å². The molecule has 0 aromatic heterocycles. The predicted octanol–water partition coefficient (Wildman–Crippen LogP) is 7.26. The highest BCUT2D eigenvalue weighted by Crippen LogP contribution is 2.40. The zero-order valence-corrected chi connectivity index (χ0v) is 27.2. The molecule has 9 heteroatoms. The van der Waals surface area contributed by atoms with Crippen LogP contribution in [0.5, 0.6) is 0 Å². The van der Waals surface area contributed by atoms with Gasteiger partial charge in [0.05, 0.1) is 18.8 Å². The van der Waals surface area contributed by atoms with E-state index in [4.69, 9.17) is 14.7 Å². The summed E-state index contributed by atoms with van der Waals surface area (Å²) in [6.07, 6.45) is 2.78. The monoisotopic (exact) mass is 654 g/mol. The van der Waals surface area contributed by atoms with Gasteiger partial charge < -0.3 is 19.9 Å². The third kappa shape index (κ3) is 10.5. The average molecular weight is 655 g/mol. The number of hydroxylamine groups is 1. The van der Waals surface area contributed by atoms with E-state index in [0.717, 1.165) is 52.0 Å². The second-order valence-electron chi connectivity index (χ2n) is 11.7. The van der Waals surface area contributed by atoms with Crippen LogP contribution in [0.15, 0.2) is 108 Å². The molecule has 0 bridgehead atoms. The molecule has 4 aromatic rings. The highest BCUT2D eigenvalue weighted by atomic mass is 32.2. The van der Waals surface area contributed by atoms with Crippen LogP contribution in [0.25, 0.3) is 11.1 Å². The maximum Gasteiger partial charge on any atom is 0.243 e. The highest BCUT2D eigenvalue weighted by molar-refractivity contribution is 7.99. The van der Waals surface area contributed by atoms with Crippen LogP contribution in [0, 0.1) is 0 Å². The first-order valence-electron chi connectivity index (χ1n) is 16.1. The first-order chi connectivity index (χ1) is 23.0. The predicted molar refractivity (Wildman–Crippen MR) is 182 cm³/mol. The van der Waals surface area contributed by atoms with Crippen LogP contribution in [0.4, 0.5) is 0 Å². The average Bonchev–Trinajstić information content (AvgIpc) is 3.13. The Morgan fingerprint density at radius 3 is 2.19 bits per heavy atom. The van der Waals surface area contributed by atoms with E-state index < -0.39 is 12.2 Å². The number of hydrogen-bond donors (Lipinski definition) is 4. The van der Waals surface area contributed by atoms with Crippen molar-refractivity contribution in [1.82, 2.24) is 10.8 Å². The molecule has 246 valence electrons. The minimum absolute atomic E-state index is 0.00822. The van der Waals surface area contributed by atoms with Crippen molar-refractivity contribution >= 4 is 23.6 Å². The van der Waals surface area contributed by atoms with Gasteiger partial charge in [-0.3, -0.25) is 14.8 Å². The van der Waals surface area contributed by atoms with E-state index >= 15 is 0 Å². The van der Waals surface area contributed by atoms with Crippen LogP contribution < -0.4 is 10.8 Å². The van der Waals surface area contributed by atoms with Crippen LogP contribution in [0.2, 0.25) is 0 Å². The number of carbonyl (C=O) groups excluding carboxylic acids is 2. The maximum absolute atomic E-state index is 12.3.